The van der Waals surface area contributed by atoms with E-state index < -0.39 is 16.8 Å². The SMILES string of the molecule is COc1ccc([N+](=O)[O-])cc1CN1C[C@@H](C)[C@H](C(=O)O)C1. The van der Waals surface area contributed by atoms with Crippen molar-refractivity contribution < 1.29 is 19.6 Å². The molecular weight excluding hydrogens is 276 g/mol. The number of hydrogen-bond donors (Lipinski definition) is 1. The van der Waals surface area contributed by atoms with Crippen LogP contribution in [-0.4, -0.2) is 41.1 Å². The van der Waals surface area contributed by atoms with Gasteiger partial charge in [-0.25, -0.2) is 0 Å². The Labute approximate surface area is 122 Å². The summed E-state index contributed by atoms with van der Waals surface area (Å²) in [5, 5.41) is 20.0. The molecule has 0 saturated carbocycles. The molecule has 114 valence electrons. The zero-order chi connectivity index (χ0) is 15.6. The number of carboxylic acids is 1. The Bertz CT molecular complexity index is 560. The van der Waals surface area contributed by atoms with Crippen LogP contribution in [0.5, 0.6) is 5.75 Å². The van der Waals surface area contributed by atoms with Gasteiger partial charge in [0.05, 0.1) is 18.0 Å². The first-order valence-electron chi connectivity index (χ1n) is 6.68. The molecule has 1 saturated heterocycles. The molecule has 0 bridgehead atoms. The highest BCUT2D eigenvalue weighted by atomic mass is 16.6. The quantitative estimate of drug-likeness (QED) is 0.657. The van der Waals surface area contributed by atoms with Gasteiger partial charge in [0.25, 0.3) is 5.69 Å². The fourth-order valence-electron chi connectivity index (χ4n) is 2.76. The average molecular weight is 294 g/mol. The highest BCUT2D eigenvalue weighted by molar-refractivity contribution is 5.71. The first-order chi connectivity index (χ1) is 9.92. The van der Waals surface area contributed by atoms with Gasteiger partial charge in [0.15, 0.2) is 0 Å². The van der Waals surface area contributed by atoms with Crippen LogP contribution in [-0.2, 0) is 11.3 Å². The summed E-state index contributed by atoms with van der Waals surface area (Å²) in [6, 6.07) is 4.45. The summed E-state index contributed by atoms with van der Waals surface area (Å²) in [4.78, 5) is 23.5. The maximum atomic E-state index is 11.1. The van der Waals surface area contributed by atoms with Crippen LogP contribution in [0.25, 0.3) is 0 Å². The predicted octanol–water partition coefficient (Wildman–Crippen LogP) is 1.76. The number of hydrogen-bond acceptors (Lipinski definition) is 5. The Morgan fingerprint density at radius 2 is 2.24 bits per heavy atom. The molecule has 0 spiro atoms. The molecule has 1 heterocycles. The molecule has 7 heteroatoms. The van der Waals surface area contributed by atoms with Gasteiger partial charge in [-0.05, 0) is 12.0 Å². The Balaban J connectivity index is 2.17. The molecule has 0 aliphatic carbocycles. The standard InChI is InChI=1S/C14H18N2O5/c1-9-6-15(8-12(9)14(17)18)7-10-5-11(16(19)20)3-4-13(10)21-2/h3-5,9,12H,6-8H2,1-2H3,(H,17,18)/t9-,12-/m1/s1. The first-order valence-corrected chi connectivity index (χ1v) is 6.68. The fraction of sp³-hybridized carbons (Fsp3) is 0.500. The van der Waals surface area contributed by atoms with Crippen LogP contribution in [0.4, 0.5) is 5.69 Å². The van der Waals surface area contributed by atoms with Crippen LogP contribution in [0.15, 0.2) is 18.2 Å². The number of methoxy groups -OCH3 is 1. The lowest BCUT2D eigenvalue weighted by atomic mass is 9.99. The van der Waals surface area contributed by atoms with Crippen molar-refractivity contribution in [3.05, 3.63) is 33.9 Å². The van der Waals surface area contributed by atoms with E-state index in [9.17, 15) is 14.9 Å². The van der Waals surface area contributed by atoms with Crippen molar-refractivity contribution in [3.8, 4) is 5.75 Å². The van der Waals surface area contributed by atoms with E-state index in [4.69, 9.17) is 9.84 Å². The van der Waals surface area contributed by atoms with Crippen LogP contribution in [0, 0.1) is 22.0 Å². The molecule has 1 aromatic carbocycles. The summed E-state index contributed by atoms with van der Waals surface area (Å²) in [7, 11) is 1.51. The van der Waals surface area contributed by atoms with Crippen LogP contribution < -0.4 is 4.74 Å². The van der Waals surface area contributed by atoms with Crippen molar-refractivity contribution in [2.75, 3.05) is 20.2 Å². The summed E-state index contributed by atoms with van der Waals surface area (Å²) in [5.41, 5.74) is 0.706. The van der Waals surface area contributed by atoms with Crippen molar-refractivity contribution >= 4 is 11.7 Å². The third-order valence-electron chi connectivity index (χ3n) is 3.87. The van der Waals surface area contributed by atoms with E-state index in [1.807, 2.05) is 11.8 Å². The summed E-state index contributed by atoms with van der Waals surface area (Å²) < 4.78 is 5.23. The Hall–Kier alpha value is -2.15. The van der Waals surface area contributed by atoms with Crippen LogP contribution in [0.3, 0.4) is 0 Å². The minimum Gasteiger partial charge on any atom is -0.496 e. The van der Waals surface area contributed by atoms with Crippen LogP contribution in [0.2, 0.25) is 0 Å². The molecule has 1 aliphatic heterocycles. The molecule has 1 fully saturated rings. The number of nitro benzene ring substituents is 1. The molecule has 0 amide bonds. The number of likely N-dealkylation sites (tertiary alicyclic amines) is 1. The van der Waals surface area contributed by atoms with E-state index in [-0.39, 0.29) is 11.6 Å². The predicted molar refractivity (Wildman–Crippen MR) is 75.2 cm³/mol. The number of carboxylic acid groups (broad SMARTS) is 1. The second-order valence-electron chi connectivity index (χ2n) is 5.37. The normalized spacial score (nSPS) is 22.2. The van der Waals surface area contributed by atoms with E-state index in [1.165, 1.54) is 19.2 Å². The highest BCUT2D eigenvalue weighted by Gasteiger charge is 2.34. The third kappa shape index (κ3) is 3.30. The summed E-state index contributed by atoms with van der Waals surface area (Å²) >= 11 is 0. The molecule has 0 unspecified atom stereocenters. The second kappa shape index (κ2) is 6.09. The minimum absolute atomic E-state index is 0.00725. The smallest absolute Gasteiger partial charge is 0.308 e. The van der Waals surface area contributed by atoms with Crippen molar-refractivity contribution in [2.24, 2.45) is 11.8 Å². The molecule has 1 aromatic rings. The van der Waals surface area contributed by atoms with E-state index in [0.717, 1.165) is 0 Å². The van der Waals surface area contributed by atoms with E-state index in [0.29, 0.717) is 30.9 Å². The van der Waals surface area contributed by atoms with Gasteiger partial charge in [-0.1, -0.05) is 6.92 Å². The second-order valence-corrected chi connectivity index (χ2v) is 5.37. The molecule has 2 rings (SSSR count). The lowest BCUT2D eigenvalue weighted by Crippen LogP contribution is -2.23. The van der Waals surface area contributed by atoms with Crippen molar-refractivity contribution in [3.63, 3.8) is 0 Å². The Morgan fingerprint density at radius 3 is 2.76 bits per heavy atom. The van der Waals surface area contributed by atoms with Gasteiger partial charge in [-0.3, -0.25) is 19.8 Å². The number of carbonyl (C=O) groups is 1. The zero-order valence-electron chi connectivity index (χ0n) is 12.0. The highest BCUT2D eigenvalue weighted by Crippen LogP contribution is 2.29. The largest absolute Gasteiger partial charge is 0.496 e. The average Bonchev–Trinajstić information content (AvgIpc) is 2.79. The maximum absolute atomic E-state index is 11.1. The molecule has 21 heavy (non-hydrogen) atoms. The number of aliphatic carboxylic acids is 1. The van der Waals surface area contributed by atoms with Crippen LogP contribution >= 0.6 is 0 Å². The first kappa shape index (κ1) is 15.2. The van der Waals surface area contributed by atoms with Gasteiger partial charge in [-0.2, -0.15) is 0 Å². The lowest BCUT2D eigenvalue weighted by Gasteiger charge is -2.17. The molecule has 0 aromatic heterocycles. The van der Waals surface area contributed by atoms with Gasteiger partial charge >= 0.3 is 5.97 Å². The summed E-state index contributed by atoms with van der Waals surface area (Å²) in [6.45, 7) is 3.45. The molecule has 1 N–H and O–H groups in total. The molecule has 7 nitrogen and oxygen atoms in total. The summed E-state index contributed by atoms with van der Waals surface area (Å²) in [5.74, 6) is -0.551. The van der Waals surface area contributed by atoms with Crippen molar-refractivity contribution in [1.82, 2.24) is 4.90 Å². The van der Waals surface area contributed by atoms with Gasteiger partial charge in [-0.15, -0.1) is 0 Å². The molecular formula is C14H18N2O5. The molecule has 2 atom stereocenters. The van der Waals surface area contributed by atoms with Gasteiger partial charge < -0.3 is 9.84 Å². The van der Waals surface area contributed by atoms with E-state index in [1.54, 1.807) is 6.07 Å². The lowest BCUT2D eigenvalue weighted by molar-refractivity contribution is -0.385. The number of nitrogens with zero attached hydrogens (tertiary/aromatic N) is 2. The number of non-ortho nitro benzene ring substituents is 1. The number of benzene rings is 1. The Morgan fingerprint density at radius 1 is 1.52 bits per heavy atom. The third-order valence-corrected chi connectivity index (χ3v) is 3.87. The van der Waals surface area contributed by atoms with E-state index in [2.05, 4.69) is 0 Å². The topological polar surface area (TPSA) is 92.9 Å². The van der Waals surface area contributed by atoms with Gasteiger partial charge in [0.1, 0.15) is 5.75 Å². The van der Waals surface area contributed by atoms with Gasteiger partial charge in [0, 0.05) is 37.3 Å². The van der Waals surface area contributed by atoms with Gasteiger partial charge in [0.2, 0.25) is 0 Å². The monoisotopic (exact) mass is 294 g/mol. The van der Waals surface area contributed by atoms with Crippen molar-refractivity contribution in [1.29, 1.82) is 0 Å². The maximum Gasteiger partial charge on any atom is 0.308 e. The van der Waals surface area contributed by atoms with Crippen LogP contribution in [0.1, 0.15) is 12.5 Å². The fourth-order valence-corrected chi connectivity index (χ4v) is 2.76. The Kier molecular flexibility index (Phi) is 4.42. The molecule has 0 radical (unpaired) electrons. The minimum atomic E-state index is -0.795. The molecule has 1 aliphatic rings. The zero-order valence-corrected chi connectivity index (χ0v) is 12.0. The number of nitro groups is 1. The number of rotatable bonds is 5. The summed E-state index contributed by atoms with van der Waals surface area (Å²) in [6.07, 6.45) is 0. The number of ether oxygens (including phenoxy) is 1. The van der Waals surface area contributed by atoms with E-state index >= 15 is 0 Å². The van der Waals surface area contributed by atoms with Crippen molar-refractivity contribution in [2.45, 2.75) is 13.5 Å².